The fraction of sp³-hybridized carbons (Fsp3) is 0.810. The van der Waals surface area contributed by atoms with E-state index < -0.39 is 6.10 Å². The Morgan fingerprint density at radius 1 is 1.12 bits per heavy atom. The lowest BCUT2D eigenvalue weighted by molar-refractivity contribution is -0.123. The summed E-state index contributed by atoms with van der Waals surface area (Å²) in [4.78, 5) is 23.0. The molecule has 0 bridgehead atoms. The summed E-state index contributed by atoms with van der Waals surface area (Å²) in [5.41, 5.74) is 1.73. The number of hydrogen-bond donors (Lipinski definition) is 1. The van der Waals surface area contributed by atoms with Gasteiger partial charge in [-0.3, -0.25) is 4.79 Å². The first-order valence-electron chi connectivity index (χ1n) is 9.77. The Bertz CT molecular complexity index is 594. The maximum Gasteiger partial charge on any atom is 0.155 e. The Morgan fingerprint density at radius 2 is 1.92 bits per heavy atom. The predicted octanol–water partition coefficient (Wildman–Crippen LogP) is 3.69. The number of allylic oxidation sites excluding steroid dienone is 1. The summed E-state index contributed by atoms with van der Waals surface area (Å²) in [5, 5.41) is 10.2. The van der Waals surface area contributed by atoms with Crippen molar-refractivity contribution >= 4 is 12.1 Å². The second-order valence-corrected chi connectivity index (χ2v) is 9.32. The molecule has 3 fully saturated rings. The molecule has 0 aromatic heterocycles. The van der Waals surface area contributed by atoms with Crippen LogP contribution in [0.2, 0.25) is 0 Å². The Labute approximate surface area is 144 Å². The molecule has 7 atom stereocenters. The van der Waals surface area contributed by atoms with E-state index in [1.807, 2.05) is 6.08 Å². The van der Waals surface area contributed by atoms with Crippen LogP contribution in [0.3, 0.4) is 0 Å². The van der Waals surface area contributed by atoms with Crippen LogP contribution in [0.5, 0.6) is 0 Å². The third-order valence-corrected chi connectivity index (χ3v) is 8.59. The monoisotopic (exact) mass is 330 g/mol. The van der Waals surface area contributed by atoms with Crippen molar-refractivity contribution in [3.05, 3.63) is 11.6 Å². The van der Waals surface area contributed by atoms with Gasteiger partial charge < -0.3 is 9.90 Å². The smallest absolute Gasteiger partial charge is 0.155 e. The number of fused-ring (bicyclic) bond motifs is 5. The van der Waals surface area contributed by atoms with Gasteiger partial charge in [0.25, 0.3) is 0 Å². The Hall–Kier alpha value is -0.960. The number of aliphatic hydroxyl groups excluding tert-OH is 1. The summed E-state index contributed by atoms with van der Waals surface area (Å²) in [6.07, 6.45) is 10.3. The number of aliphatic hydroxyl groups is 1. The lowest BCUT2D eigenvalue weighted by Gasteiger charge is -2.58. The first-order chi connectivity index (χ1) is 11.4. The average Bonchev–Trinajstić information content (AvgIpc) is 2.92. The molecule has 4 aliphatic carbocycles. The highest BCUT2D eigenvalue weighted by molar-refractivity contribution is 5.91. The quantitative estimate of drug-likeness (QED) is 0.786. The van der Waals surface area contributed by atoms with Gasteiger partial charge in [-0.25, -0.2) is 0 Å². The van der Waals surface area contributed by atoms with Crippen LogP contribution in [0.1, 0.15) is 65.2 Å². The molecule has 0 aliphatic heterocycles. The SMILES string of the molecule is C[C@]12CC[C@H]3[C@@H](CCC4=CC(=O)CC[C@@]43C)[C@@H]1CC[C@@H]2C(O)C=O. The number of carbonyl (C=O) groups excluding carboxylic acids is 2. The molecule has 0 aromatic carbocycles. The summed E-state index contributed by atoms with van der Waals surface area (Å²) in [6, 6.07) is 0. The third kappa shape index (κ3) is 2.13. The van der Waals surface area contributed by atoms with Crippen molar-refractivity contribution in [2.24, 2.45) is 34.5 Å². The van der Waals surface area contributed by atoms with Crippen LogP contribution in [0, 0.1) is 34.5 Å². The maximum atomic E-state index is 11.9. The first-order valence-corrected chi connectivity index (χ1v) is 9.77. The van der Waals surface area contributed by atoms with E-state index in [1.165, 1.54) is 18.4 Å². The van der Waals surface area contributed by atoms with Crippen LogP contribution in [0.25, 0.3) is 0 Å². The van der Waals surface area contributed by atoms with Gasteiger partial charge in [-0.05, 0) is 85.5 Å². The van der Waals surface area contributed by atoms with E-state index in [4.69, 9.17) is 0 Å². The molecule has 0 amide bonds. The molecule has 24 heavy (non-hydrogen) atoms. The predicted molar refractivity (Wildman–Crippen MR) is 92.3 cm³/mol. The largest absolute Gasteiger partial charge is 0.385 e. The van der Waals surface area contributed by atoms with Gasteiger partial charge in [0.2, 0.25) is 0 Å². The summed E-state index contributed by atoms with van der Waals surface area (Å²) in [5.74, 6) is 2.46. The molecule has 0 aromatic rings. The van der Waals surface area contributed by atoms with Crippen LogP contribution in [-0.2, 0) is 9.59 Å². The van der Waals surface area contributed by atoms with Gasteiger partial charge >= 0.3 is 0 Å². The lowest BCUT2D eigenvalue weighted by atomic mass is 9.46. The lowest BCUT2D eigenvalue weighted by Crippen LogP contribution is -2.51. The van der Waals surface area contributed by atoms with E-state index in [9.17, 15) is 14.7 Å². The minimum Gasteiger partial charge on any atom is -0.385 e. The van der Waals surface area contributed by atoms with Crippen molar-refractivity contribution in [2.75, 3.05) is 0 Å². The zero-order valence-electron chi connectivity index (χ0n) is 15.0. The Morgan fingerprint density at radius 3 is 2.67 bits per heavy atom. The van der Waals surface area contributed by atoms with E-state index in [1.54, 1.807) is 0 Å². The van der Waals surface area contributed by atoms with Gasteiger partial charge in [-0.15, -0.1) is 0 Å². The highest BCUT2D eigenvalue weighted by Crippen LogP contribution is 2.66. The van der Waals surface area contributed by atoms with Crippen molar-refractivity contribution in [1.29, 1.82) is 0 Å². The van der Waals surface area contributed by atoms with Crippen LogP contribution in [0.4, 0.5) is 0 Å². The molecule has 0 heterocycles. The molecule has 132 valence electrons. The fourth-order valence-electron chi connectivity index (χ4n) is 7.26. The minimum absolute atomic E-state index is 0.115. The van der Waals surface area contributed by atoms with Crippen molar-refractivity contribution in [2.45, 2.75) is 71.3 Å². The summed E-state index contributed by atoms with van der Waals surface area (Å²) in [7, 11) is 0. The number of carbonyl (C=O) groups is 2. The number of rotatable bonds is 2. The molecule has 1 unspecified atom stereocenters. The van der Waals surface area contributed by atoms with Crippen LogP contribution in [-0.4, -0.2) is 23.3 Å². The number of hydrogen-bond acceptors (Lipinski definition) is 3. The van der Waals surface area contributed by atoms with Gasteiger partial charge in [0.1, 0.15) is 12.4 Å². The summed E-state index contributed by atoms with van der Waals surface area (Å²) >= 11 is 0. The molecule has 4 rings (SSSR count). The zero-order valence-corrected chi connectivity index (χ0v) is 15.0. The summed E-state index contributed by atoms with van der Waals surface area (Å²) < 4.78 is 0. The second kappa shape index (κ2) is 5.52. The normalized spacial score (nSPS) is 48.8. The van der Waals surface area contributed by atoms with Crippen molar-refractivity contribution < 1.29 is 14.7 Å². The molecular weight excluding hydrogens is 300 g/mol. The van der Waals surface area contributed by atoms with E-state index in [0.29, 0.717) is 30.0 Å². The van der Waals surface area contributed by atoms with E-state index >= 15 is 0 Å². The molecule has 3 nitrogen and oxygen atoms in total. The van der Waals surface area contributed by atoms with Gasteiger partial charge in [0.05, 0.1) is 0 Å². The summed E-state index contributed by atoms with van der Waals surface area (Å²) in [6.45, 7) is 4.73. The highest BCUT2D eigenvalue weighted by atomic mass is 16.3. The topological polar surface area (TPSA) is 54.4 Å². The highest BCUT2D eigenvalue weighted by Gasteiger charge is 2.59. The van der Waals surface area contributed by atoms with E-state index in [2.05, 4.69) is 13.8 Å². The van der Waals surface area contributed by atoms with Crippen molar-refractivity contribution in [3.8, 4) is 0 Å². The fourth-order valence-corrected chi connectivity index (χ4v) is 7.26. The maximum absolute atomic E-state index is 11.9. The number of aldehydes is 1. The molecule has 3 saturated carbocycles. The average molecular weight is 330 g/mol. The second-order valence-electron chi connectivity index (χ2n) is 9.32. The van der Waals surface area contributed by atoms with E-state index in [-0.39, 0.29) is 16.7 Å². The van der Waals surface area contributed by atoms with Gasteiger partial charge in [0, 0.05) is 6.42 Å². The van der Waals surface area contributed by atoms with Gasteiger partial charge in [-0.1, -0.05) is 19.4 Å². The molecule has 0 spiro atoms. The van der Waals surface area contributed by atoms with E-state index in [0.717, 1.165) is 38.4 Å². The van der Waals surface area contributed by atoms with Gasteiger partial charge in [0.15, 0.2) is 5.78 Å². The Kier molecular flexibility index (Phi) is 3.80. The molecular formula is C21H30O3. The van der Waals surface area contributed by atoms with Crippen LogP contribution < -0.4 is 0 Å². The van der Waals surface area contributed by atoms with Crippen molar-refractivity contribution in [1.82, 2.24) is 0 Å². The minimum atomic E-state index is -0.793. The zero-order chi connectivity index (χ0) is 17.1. The third-order valence-electron chi connectivity index (χ3n) is 8.59. The molecule has 0 saturated heterocycles. The van der Waals surface area contributed by atoms with Crippen LogP contribution in [0.15, 0.2) is 11.6 Å². The van der Waals surface area contributed by atoms with Crippen molar-refractivity contribution in [3.63, 3.8) is 0 Å². The molecule has 0 radical (unpaired) electrons. The molecule has 3 heteroatoms. The molecule has 4 aliphatic rings. The Balaban J connectivity index is 1.65. The van der Waals surface area contributed by atoms with Gasteiger partial charge in [-0.2, -0.15) is 0 Å². The first kappa shape index (κ1) is 16.5. The standard InChI is InChI=1S/C21H30O3/c1-20-9-7-14(23)11-13(20)3-4-15-16-5-6-18(19(24)12-22)21(16,2)10-8-17(15)20/h11-12,15-19,24H,3-10H2,1-2H3/t15-,16-,17-,18+,19?,20-,21-/m0/s1. The number of ketones is 1. The van der Waals surface area contributed by atoms with Crippen LogP contribution >= 0.6 is 0 Å². The molecule has 1 N–H and O–H groups in total.